The minimum atomic E-state index is -4.05. The zero-order valence-electron chi connectivity index (χ0n) is 14.5. The van der Waals surface area contributed by atoms with E-state index in [0.717, 1.165) is 0 Å². The number of rotatable bonds is 7. The van der Waals surface area contributed by atoms with E-state index >= 15 is 0 Å². The zero-order chi connectivity index (χ0) is 20.1. The largest absolute Gasteiger partial charge is 0.291 e. The third-order valence-corrected chi connectivity index (χ3v) is 6.02. The molecule has 0 bridgehead atoms. The molecule has 0 aliphatic heterocycles. The van der Waals surface area contributed by atoms with Crippen LogP contribution in [0.1, 0.15) is 10.4 Å². The monoisotopic (exact) mass is 417 g/mol. The lowest BCUT2D eigenvalue weighted by Crippen LogP contribution is -2.31. The molecular formula is C18H16ClN5O3S. The first-order valence-corrected chi connectivity index (χ1v) is 9.90. The molecule has 0 aliphatic carbocycles. The molecule has 3 rings (SSSR count). The van der Waals surface area contributed by atoms with Crippen LogP contribution in [0, 0.1) is 0 Å². The lowest BCUT2D eigenvalue weighted by molar-refractivity contribution is 0.102. The van der Waals surface area contributed by atoms with Gasteiger partial charge in [0, 0.05) is 5.56 Å². The maximum atomic E-state index is 13.3. The van der Waals surface area contributed by atoms with Crippen LogP contribution in [0.15, 0.2) is 72.4 Å². The van der Waals surface area contributed by atoms with Crippen LogP contribution in [0.4, 0.5) is 11.6 Å². The van der Waals surface area contributed by atoms with E-state index in [9.17, 15) is 13.2 Å². The van der Waals surface area contributed by atoms with E-state index in [0.29, 0.717) is 5.69 Å². The van der Waals surface area contributed by atoms with Gasteiger partial charge in [-0.25, -0.2) is 13.5 Å². The summed E-state index contributed by atoms with van der Waals surface area (Å²) in [5, 5.41) is 8.61. The van der Waals surface area contributed by atoms with Crippen LogP contribution in [0.3, 0.4) is 0 Å². The molecule has 2 aromatic carbocycles. The number of amides is 1. The van der Waals surface area contributed by atoms with Gasteiger partial charge >= 0.3 is 0 Å². The maximum Gasteiger partial charge on any atom is 0.266 e. The number of hydrogen-bond donors (Lipinski definition) is 2. The van der Waals surface area contributed by atoms with Crippen LogP contribution in [-0.2, 0) is 10.0 Å². The number of anilines is 2. The zero-order valence-corrected chi connectivity index (χ0v) is 16.1. The summed E-state index contributed by atoms with van der Waals surface area (Å²) < 4.78 is 27.7. The predicted octanol–water partition coefficient (Wildman–Crippen LogP) is 3.09. The normalized spacial score (nSPS) is 11.0. The van der Waals surface area contributed by atoms with Crippen molar-refractivity contribution in [3.05, 3.63) is 78.1 Å². The standard InChI is InChI=1S/C18H16ClN5O3S/c1-2-10-24(14-6-4-3-5-7-14)28(26,27)16-11-13(8-9-15(16)19)17(25)22-18-20-12-21-23-18/h2-9,11-12H,1,10H2,(H2,20,21,22,23,25). The third kappa shape index (κ3) is 4.05. The molecule has 0 fully saturated rings. The Labute approximate surface area is 166 Å². The number of nitrogens with one attached hydrogen (secondary N) is 2. The number of H-pyrrole nitrogens is 1. The van der Waals surface area contributed by atoms with E-state index in [2.05, 4.69) is 27.1 Å². The minimum Gasteiger partial charge on any atom is -0.291 e. The molecule has 1 heterocycles. The molecule has 0 saturated heterocycles. The number of hydrogen-bond acceptors (Lipinski definition) is 5. The van der Waals surface area contributed by atoms with E-state index in [1.165, 1.54) is 34.9 Å². The van der Waals surface area contributed by atoms with Gasteiger partial charge in [0.1, 0.15) is 11.2 Å². The Morgan fingerprint density at radius 1 is 1.25 bits per heavy atom. The van der Waals surface area contributed by atoms with Gasteiger partial charge in [-0.3, -0.25) is 14.4 Å². The first-order chi connectivity index (χ1) is 13.4. The Morgan fingerprint density at radius 2 is 2.00 bits per heavy atom. The average molecular weight is 418 g/mol. The summed E-state index contributed by atoms with van der Waals surface area (Å²) in [6.45, 7) is 3.66. The summed E-state index contributed by atoms with van der Waals surface area (Å²) in [4.78, 5) is 16.0. The SMILES string of the molecule is C=CCN(c1ccccc1)S(=O)(=O)c1cc(C(=O)Nc2ncn[nH]2)ccc1Cl. The Hall–Kier alpha value is -3.17. The van der Waals surface area contributed by atoms with Crippen molar-refractivity contribution in [1.29, 1.82) is 0 Å². The number of benzene rings is 2. The van der Waals surface area contributed by atoms with Gasteiger partial charge < -0.3 is 0 Å². The molecule has 0 atom stereocenters. The number of aromatic nitrogens is 3. The lowest BCUT2D eigenvalue weighted by Gasteiger charge is -2.24. The van der Waals surface area contributed by atoms with Crippen molar-refractivity contribution < 1.29 is 13.2 Å². The highest BCUT2D eigenvalue weighted by molar-refractivity contribution is 7.93. The van der Waals surface area contributed by atoms with E-state index in [-0.39, 0.29) is 28.0 Å². The van der Waals surface area contributed by atoms with Gasteiger partial charge in [0.05, 0.1) is 17.3 Å². The molecule has 28 heavy (non-hydrogen) atoms. The number of para-hydroxylation sites is 1. The van der Waals surface area contributed by atoms with Crippen LogP contribution in [-0.4, -0.2) is 36.1 Å². The maximum absolute atomic E-state index is 13.3. The number of aromatic amines is 1. The molecule has 0 aliphatic rings. The molecular weight excluding hydrogens is 402 g/mol. The van der Waals surface area contributed by atoms with Crippen molar-refractivity contribution in [2.24, 2.45) is 0 Å². The number of nitrogens with zero attached hydrogens (tertiary/aromatic N) is 3. The van der Waals surface area contributed by atoms with E-state index in [1.54, 1.807) is 30.3 Å². The Kier molecular flexibility index (Phi) is 5.76. The molecule has 0 saturated carbocycles. The highest BCUT2D eigenvalue weighted by Crippen LogP contribution is 2.29. The van der Waals surface area contributed by atoms with Crippen LogP contribution in [0.25, 0.3) is 0 Å². The molecule has 2 N–H and O–H groups in total. The topological polar surface area (TPSA) is 108 Å². The van der Waals surface area contributed by atoms with Gasteiger partial charge in [0.25, 0.3) is 15.9 Å². The van der Waals surface area contributed by atoms with Crippen LogP contribution in [0.2, 0.25) is 5.02 Å². The quantitative estimate of drug-likeness (QED) is 0.574. The van der Waals surface area contributed by atoms with E-state index < -0.39 is 15.9 Å². The van der Waals surface area contributed by atoms with Crippen molar-refractivity contribution in [3.8, 4) is 0 Å². The molecule has 1 aromatic heterocycles. The van der Waals surface area contributed by atoms with Crippen molar-refractivity contribution >= 4 is 39.2 Å². The number of sulfonamides is 1. The molecule has 0 radical (unpaired) electrons. The van der Waals surface area contributed by atoms with E-state index in [4.69, 9.17) is 11.6 Å². The third-order valence-electron chi connectivity index (χ3n) is 3.75. The Morgan fingerprint density at radius 3 is 2.64 bits per heavy atom. The van der Waals surface area contributed by atoms with Gasteiger partial charge in [0.2, 0.25) is 5.95 Å². The second-order valence-electron chi connectivity index (χ2n) is 5.59. The van der Waals surface area contributed by atoms with Gasteiger partial charge in [0.15, 0.2) is 0 Å². The number of halogens is 1. The summed E-state index contributed by atoms with van der Waals surface area (Å²) in [6.07, 6.45) is 2.71. The fourth-order valence-electron chi connectivity index (χ4n) is 2.46. The second-order valence-corrected chi connectivity index (χ2v) is 7.83. The molecule has 8 nitrogen and oxygen atoms in total. The van der Waals surface area contributed by atoms with Crippen LogP contribution >= 0.6 is 11.6 Å². The van der Waals surface area contributed by atoms with Crippen molar-refractivity contribution in [2.75, 3.05) is 16.2 Å². The highest BCUT2D eigenvalue weighted by Gasteiger charge is 2.27. The molecule has 3 aromatic rings. The van der Waals surface area contributed by atoms with Crippen molar-refractivity contribution in [1.82, 2.24) is 15.2 Å². The molecule has 1 amide bonds. The predicted molar refractivity (Wildman–Crippen MR) is 107 cm³/mol. The molecule has 10 heteroatoms. The smallest absolute Gasteiger partial charge is 0.266 e. The Bertz CT molecular complexity index is 1090. The molecule has 144 valence electrons. The first-order valence-electron chi connectivity index (χ1n) is 8.08. The van der Waals surface area contributed by atoms with Crippen molar-refractivity contribution in [3.63, 3.8) is 0 Å². The van der Waals surface area contributed by atoms with Gasteiger partial charge in [-0.15, -0.1) is 6.58 Å². The van der Waals surface area contributed by atoms with Gasteiger partial charge in [-0.1, -0.05) is 35.9 Å². The van der Waals surface area contributed by atoms with Gasteiger partial charge in [-0.05, 0) is 30.3 Å². The van der Waals surface area contributed by atoms with Crippen LogP contribution in [0.5, 0.6) is 0 Å². The molecule has 0 unspecified atom stereocenters. The fourth-order valence-corrected chi connectivity index (χ4v) is 4.40. The summed E-state index contributed by atoms with van der Waals surface area (Å²) in [5.41, 5.74) is 0.556. The molecule has 0 spiro atoms. The van der Waals surface area contributed by atoms with Crippen LogP contribution < -0.4 is 9.62 Å². The number of carbonyl (C=O) groups is 1. The summed E-state index contributed by atoms with van der Waals surface area (Å²) >= 11 is 6.17. The lowest BCUT2D eigenvalue weighted by atomic mass is 10.2. The minimum absolute atomic E-state index is 0.00112. The second kappa shape index (κ2) is 8.24. The first kappa shape index (κ1) is 19.6. The van der Waals surface area contributed by atoms with Crippen molar-refractivity contribution in [2.45, 2.75) is 4.90 Å². The highest BCUT2D eigenvalue weighted by atomic mass is 35.5. The summed E-state index contributed by atoms with van der Waals surface area (Å²) in [5.74, 6) is -0.415. The summed E-state index contributed by atoms with van der Waals surface area (Å²) in [7, 11) is -4.05. The summed E-state index contributed by atoms with van der Waals surface area (Å²) in [6, 6.07) is 12.6. The number of carbonyl (C=O) groups excluding carboxylic acids is 1. The van der Waals surface area contributed by atoms with Gasteiger partial charge in [-0.2, -0.15) is 10.1 Å². The van der Waals surface area contributed by atoms with E-state index in [1.807, 2.05) is 0 Å². The average Bonchev–Trinajstić information content (AvgIpc) is 3.19. The fraction of sp³-hybridized carbons (Fsp3) is 0.0556. The Balaban J connectivity index is 2.00.